The highest BCUT2D eigenvalue weighted by Crippen LogP contribution is 2.26. The van der Waals surface area contributed by atoms with E-state index in [2.05, 4.69) is 59.3 Å². The predicted octanol–water partition coefficient (Wildman–Crippen LogP) is 5.93. The van der Waals surface area contributed by atoms with Crippen molar-refractivity contribution in [3.05, 3.63) is 96.1 Å². The Morgan fingerprint density at radius 1 is 0.750 bits per heavy atom. The van der Waals surface area contributed by atoms with E-state index >= 15 is 0 Å². The molecule has 4 N–H and O–H groups in total. The van der Waals surface area contributed by atoms with Gasteiger partial charge in [0, 0.05) is 19.6 Å². The lowest BCUT2D eigenvalue weighted by Crippen LogP contribution is -2.55. The molecule has 1 unspecified atom stereocenters. The highest BCUT2D eigenvalue weighted by atomic mass is 16.5. The molecule has 0 bridgehead atoms. The number of hydrogen-bond acceptors (Lipinski definition) is 5. The van der Waals surface area contributed by atoms with E-state index < -0.39 is 30.2 Å². The first-order valence-corrected chi connectivity index (χ1v) is 17.1. The van der Waals surface area contributed by atoms with Crippen molar-refractivity contribution in [2.75, 3.05) is 13.7 Å². The number of carbonyl (C=O) groups is 3. The third kappa shape index (κ3) is 10.1. The molecule has 4 aromatic carbocycles. The third-order valence-corrected chi connectivity index (χ3v) is 9.07. The van der Waals surface area contributed by atoms with Crippen LogP contribution in [0.4, 0.5) is 0 Å². The van der Waals surface area contributed by atoms with Crippen molar-refractivity contribution < 1.29 is 24.2 Å². The Bertz CT molecular complexity index is 1580. The number of amides is 3. The highest BCUT2D eigenvalue weighted by molar-refractivity contribution is 5.91. The van der Waals surface area contributed by atoms with Crippen LogP contribution in [0, 0.1) is 17.8 Å². The van der Waals surface area contributed by atoms with E-state index in [1.807, 2.05) is 69.3 Å². The van der Waals surface area contributed by atoms with Crippen LogP contribution in [0.5, 0.6) is 0 Å². The molecular formula is C40H51N3O5. The summed E-state index contributed by atoms with van der Waals surface area (Å²) in [7, 11) is 1.37. The van der Waals surface area contributed by atoms with Crippen LogP contribution in [0.3, 0.4) is 0 Å². The standard InChI is InChI=1S/C40H51N3O5/c1-6-27(4)25-41-37(45)24-36(44)35(21-26(2)3)42-39(47)40(48-5)43-38(46)32(22-30-17-11-15-28-13-7-9-19-33(28)30)23-31-18-12-16-29-14-8-10-20-34(29)31/h7-20,26-27,32,35-36,40,44H,6,21-25H2,1-5H3,(H,41,45)(H,42,47)(H,43,46)/t27-,35-,36-,40?/m0/s1. The summed E-state index contributed by atoms with van der Waals surface area (Å²) in [5.74, 6) is -1.22. The topological polar surface area (TPSA) is 117 Å². The molecular weight excluding hydrogens is 602 g/mol. The molecule has 0 radical (unpaired) electrons. The van der Waals surface area contributed by atoms with Crippen molar-refractivity contribution in [3.63, 3.8) is 0 Å². The average molecular weight is 654 g/mol. The minimum absolute atomic E-state index is 0.134. The second kappa shape index (κ2) is 17.8. The number of ether oxygens (including phenoxy) is 1. The molecule has 0 aliphatic carbocycles. The number of aliphatic hydroxyl groups excluding tert-OH is 1. The van der Waals surface area contributed by atoms with E-state index in [4.69, 9.17) is 4.74 Å². The van der Waals surface area contributed by atoms with E-state index in [0.717, 1.165) is 39.1 Å². The lowest BCUT2D eigenvalue weighted by Gasteiger charge is -2.28. The Labute approximate surface area is 284 Å². The zero-order valence-electron chi connectivity index (χ0n) is 28.9. The van der Waals surface area contributed by atoms with Gasteiger partial charge in [0.2, 0.25) is 18.0 Å². The molecule has 3 amide bonds. The first-order valence-electron chi connectivity index (χ1n) is 17.1. The van der Waals surface area contributed by atoms with E-state index in [-0.39, 0.29) is 24.2 Å². The van der Waals surface area contributed by atoms with Gasteiger partial charge in [-0.2, -0.15) is 0 Å². The van der Waals surface area contributed by atoms with Gasteiger partial charge < -0.3 is 25.8 Å². The maximum Gasteiger partial charge on any atom is 0.270 e. The molecule has 256 valence electrons. The molecule has 0 aliphatic rings. The largest absolute Gasteiger partial charge is 0.390 e. The number of nitrogens with one attached hydrogen (secondary N) is 3. The summed E-state index contributed by atoms with van der Waals surface area (Å²) in [4.78, 5) is 40.2. The van der Waals surface area contributed by atoms with E-state index in [1.165, 1.54) is 7.11 Å². The molecule has 0 aromatic heterocycles. The van der Waals surface area contributed by atoms with Crippen molar-refractivity contribution in [3.8, 4) is 0 Å². The van der Waals surface area contributed by atoms with Gasteiger partial charge in [0.05, 0.1) is 18.6 Å². The van der Waals surface area contributed by atoms with Crippen molar-refractivity contribution in [2.45, 2.75) is 78.2 Å². The first-order chi connectivity index (χ1) is 23.1. The van der Waals surface area contributed by atoms with E-state index in [0.29, 0.717) is 31.7 Å². The van der Waals surface area contributed by atoms with Crippen LogP contribution in [0.1, 0.15) is 58.1 Å². The normalized spacial score (nSPS) is 14.1. The van der Waals surface area contributed by atoms with Crippen LogP contribution in [0.15, 0.2) is 84.9 Å². The van der Waals surface area contributed by atoms with Gasteiger partial charge in [-0.1, -0.05) is 119 Å². The Morgan fingerprint density at radius 3 is 1.81 bits per heavy atom. The molecule has 4 aromatic rings. The molecule has 0 spiro atoms. The Hall–Kier alpha value is -4.27. The average Bonchev–Trinajstić information content (AvgIpc) is 3.08. The summed E-state index contributed by atoms with van der Waals surface area (Å²) in [5, 5.41) is 23.9. The number of hydrogen-bond donors (Lipinski definition) is 4. The second-order valence-electron chi connectivity index (χ2n) is 13.3. The summed E-state index contributed by atoms with van der Waals surface area (Å²) in [5.41, 5.74) is 2.08. The summed E-state index contributed by atoms with van der Waals surface area (Å²) in [6.07, 6.45) is -0.252. The quantitative estimate of drug-likeness (QED) is 0.106. The van der Waals surface area contributed by atoms with Gasteiger partial charge in [-0.25, -0.2) is 0 Å². The van der Waals surface area contributed by atoms with Crippen LogP contribution < -0.4 is 16.0 Å². The summed E-state index contributed by atoms with van der Waals surface area (Å²) in [6, 6.07) is 27.7. The third-order valence-electron chi connectivity index (χ3n) is 9.07. The maximum atomic E-state index is 14.1. The molecule has 0 aliphatic heterocycles. The van der Waals surface area contributed by atoms with E-state index in [9.17, 15) is 19.5 Å². The van der Waals surface area contributed by atoms with Gasteiger partial charge in [0.1, 0.15) is 0 Å². The monoisotopic (exact) mass is 653 g/mol. The van der Waals surface area contributed by atoms with Crippen LogP contribution in [-0.4, -0.2) is 54.9 Å². The Balaban J connectivity index is 1.53. The molecule has 4 rings (SSSR count). The number of aliphatic hydroxyl groups is 1. The summed E-state index contributed by atoms with van der Waals surface area (Å²) in [6.45, 7) is 8.59. The fourth-order valence-corrected chi connectivity index (χ4v) is 6.12. The molecule has 0 heterocycles. The zero-order chi connectivity index (χ0) is 34.6. The van der Waals surface area contributed by atoms with Gasteiger partial charge in [0.25, 0.3) is 5.91 Å². The molecule has 8 heteroatoms. The van der Waals surface area contributed by atoms with Crippen LogP contribution >= 0.6 is 0 Å². The molecule has 0 saturated heterocycles. The number of carbonyl (C=O) groups excluding carboxylic acids is 3. The first kappa shape index (κ1) is 36.6. The Morgan fingerprint density at radius 2 is 1.29 bits per heavy atom. The molecule has 48 heavy (non-hydrogen) atoms. The lowest BCUT2D eigenvalue weighted by atomic mass is 9.88. The Kier molecular flexibility index (Phi) is 13.5. The lowest BCUT2D eigenvalue weighted by molar-refractivity contribution is -0.142. The minimum Gasteiger partial charge on any atom is -0.390 e. The molecule has 4 atom stereocenters. The SMILES string of the molecule is CC[C@H](C)CNC(=O)C[C@H](O)[C@H](CC(C)C)NC(=O)C(NC(=O)C(Cc1cccc2ccccc12)Cc1cccc2ccccc12)OC. The van der Waals surface area contributed by atoms with Crippen LogP contribution in [0.25, 0.3) is 21.5 Å². The minimum atomic E-state index is -1.29. The summed E-state index contributed by atoms with van der Waals surface area (Å²) < 4.78 is 5.51. The second-order valence-corrected chi connectivity index (χ2v) is 13.3. The smallest absolute Gasteiger partial charge is 0.270 e. The van der Waals surface area contributed by atoms with Gasteiger partial charge in [0.15, 0.2) is 0 Å². The van der Waals surface area contributed by atoms with Crippen molar-refractivity contribution in [1.29, 1.82) is 0 Å². The van der Waals surface area contributed by atoms with E-state index in [1.54, 1.807) is 0 Å². The van der Waals surface area contributed by atoms with Gasteiger partial charge in [-0.15, -0.1) is 0 Å². The fourth-order valence-electron chi connectivity index (χ4n) is 6.12. The molecule has 8 nitrogen and oxygen atoms in total. The van der Waals surface area contributed by atoms with Gasteiger partial charge >= 0.3 is 0 Å². The number of benzene rings is 4. The maximum absolute atomic E-state index is 14.1. The number of rotatable bonds is 17. The van der Waals surface area contributed by atoms with Crippen molar-refractivity contribution in [2.24, 2.45) is 17.8 Å². The zero-order valence-corrected chi connectivity index (χ0v) is 28.9. The number of fused-ring (bicyclic) bond motifs is 2. The fraction of sp³-hybridized carbons (Fsp3) is 0.425. The van der Waals surface area contributed by atoms with Gasteiger partial charge in [-0.05, 0) is 63.8 Å². The van der Waals surface area contributed by atoms with Crippen LogP contribution in [-0.2, 0) is 32.0 Å². The molecule has 0 saturated carbocycles. The molecule has 0 fully saturated rings. The summed E-state index contributed by atoms with van der Waals surface area (Å²) >= 11 is 0. The predicted molar refractivity (Wildman–Crippen MR) is 192 cm³/mol. The van der Waals surface area contributed by atoms with Crippen LogP contribution in [0.2, 0.25) is 0 Å². The van der Waals surface area contributed by atoms with Crippen molar-refractivity contribution in [1.82, 2.24) is 16.0 Å². The highest BCUT2D eigenvalue weighted by Gasteiger charge is 2.31. The van der Waals surface area contributed by atoms with Gasteiger partial charge in [-0.3, -0.25) is 14.4 Å². The number of methoxy groups -OCH3 is 1. The van der Waals surface area contributed by atoms with Crippen molar-refractivity contribution >= 4 is 39.3 Å².